The third-order valence-electron chi connectivity index (χ3n) is 9.15. The topological polar surface area (TPSA) is 29.0 Å². The van der Waals surface area contributed by atoms with Crippen molar-refractivity contribution in [2.75, 3.05) is 4.90 Å². The summed E-state index contributed by atoms with van der Waals surface area (Å²) in [6, 6.07) is 31.8. The summed E-state index contributed by atoms with van der Waals surface area (Å²) in [5, 5.41) is 0. The van der Waals surface area contributed by atoms with E-state index < -0.39 is 0 Å². The van der Waals surface area contributed by atoms with Crippen LogP contribution in [0, 0.1) is 0 Å². The standard InChI is InChI=1S/C44H43N3/c1-4-6-7-8-11-22-32-44(37-28-18-9-10-19-29-37)34(3)41(23-5-2)47(42-31-21-20-30-38(42)44)43-45-39(35-24-14-12-15-25-35)33-40(46-43)36-26-16-13-17-27-36/h4-6,8-21,23-28,30-31,33H,7,22,29,32H2,1-3H3/b6-4-,11-8+,23-5-. The highest BCUT2D eigenvalue weighted by atomic mass is 15.3. The van der Waals surface area contributed by atoms with E-state index in [9.17, 15) is 0 Å². The molecule has 3 heteroatoms. The molecule has 0 fully saturated rings. The molecule has 0 N–H and O–H groups in total. The van der Waals surface area contributed by atoms with Crippen LogP contribution in [0.4, 0.5) is 11.6 Å². The Kier molecular flexibility index (Phi) is 10.0. The number of para-hydroxylation sites is 1. The second-order valence-electron chi connectivity index (χ2n) is 12.0. The molecule has 2 heterocycles. The number of allylic oxidation sites excluding steroid dienone is 13. The van der Waals surface area contributed by atoms with Crippen LogP contribution >= 0.6 is 0 Å². The second kappa shape index (κ2) is 14.9. The van der Waals surface area contributed by atoms with Crippen molar-refractivity contribution in [3.8, 4) is 22.5 Å². The first kappa shape index (κ1) is 31.7. The quantitative estimate of drug-likeness (QED) is 0.167. The van der Waals surface area contributed by atoms with Crippen molar-refractivity contribution in [1.82, 2.24) is 9.97 Å². The lowest BCUT2D eigenvalue weighted by Gasteiger charge is -2.46. The van der Waals surface area contributed by atoms with Crippen LogP contribution < -0.4 is 4.90 Å². The summed E-state index contributed by atoms with van der Waals surface area (Å²) < 4.78 is 0. The van der Waals surface area contributed by atoms with Gasteiger partial charge < -0.3 is 0 Å². The molecule has 3 nitrogen and oxygen atoms in total. The number of nitrogens with zero attached hydrogens (tertiary/aromatic N) is 3. The average molecular weight is 614 g/mol. The van der Waals surface area contributed by atoms with Crippen molar-refractivity contribution in [3.05, 3.63) is 180 Å². The molecule has 3 aromatic carbocycles. The fourth-order valence-electron chi connectivity index (χ4n) is 6.89. The van der Waals surface area contributed by atoms with Crippen molar-refractivity contribution in [2.45, 2.75) is 51.9 Å². The largest absolute Gasteiger partial charge is 0.279 e. The van der Waals surface area contributed by atoms with Crippen LogP contribution in [-0.2, 0) is 5.41 Å². The van der Waals surface area contributed by atoms with Crippen LogP contribution in [-0.4, -0.2) is 9.97 Å². The van der Waals surface area contributed by atoms with Crippen LogP contribution in [0.3, 0.4) is 0 Å². The molecular weight excluding hydrogens is 571 g/mol. The fourth-order valence-corrected chi connectivity index (χ4v) is 6.89. The summed E-state index contributed by atoms with van der Waals surface area (Å²) in [5.41, 5.74) is 9.85. The molecule has 47 heavy (non-hydrogen) atoms. The van der Waals surface area contributed by atoms with Gasteiger partial charge in [0.15, 0.2) is 0 Å². The molecule has 1 aromatic heterocycles. The maximum atomic E-state index is 5.29. The number of benzene rings is 3. The molecule has 4 aromatic rings. The molecule has 0 saturated heterocycles. The second-order valence-corrected chi connectivity index (χ2v) is 12.0. The monoisotopic (exact) mass is 613 g/mol. The highest BCUT2D eigenvalue weighted by Gasteiger charge is 2.45. The Morgan fingerprint density at radius 2 is 1.43 bits per heavy atom. The molecule has 1 unspecified atom stereocenters. The Hall–Kier alpha value is -5.28. The molecule has 0 radical (unpaired) electrons. The van der Waals surface area contributed by atoms with Gasteiger partial charge in [-0.25, -0.2) is 9.97 Å². The van der Waals surface area contributed by atoms with Crippen molar-refractivity contribution < 1.29 is 0 Å². The minimum atomic E-state index is -0.300. The van der Waals surface area contributed by atoms with Crippen LogP contribution in [0.2, 0.25) is 0 Å². The zero-order chi connectivity index (χ0) is 32.5. The Labute approximate surface area is 280 Å². The summed E-state index contributed by atoms with van der Waals surface area (Å²) in [7, 11) is 0. The van der Waals surface area contributed by atoms with Crippen LogP contribution in [0.1, 0.15) is 52.0 Å². The smallest absolute Gasteiger partial charge is 0.235 e. The zero-order valence-corrected chi connectivity index (χ0v) is 27.7. The maximum absolute atomic E-state index is 5.29. The number of aromatic nitrogens is 2. The zero-order valence-electron chi connectivity index (χ0n) is 27.7. The van der Waals surface area contributed by atoms with Crippen molar-refractivity contribution in [2.24, 2.45) is 0 Å². The summed E-state index contributed by atoms with van der Waals surface area (Å²) in [6.07, 6.45) is 28.2. The van der Waals surface area contributed by atoms with Crippen LogP contribution in [0.5, 0.6) is 0 Å². The van der Waals surface area contributed by atoms with Crippen molar-refractivity contribution in [3.63, 3.8) is 0 Å². The van der Waals surface area contributed by atoms with E-state index in [2.05, 4.69) is 171 Å². The Bertz CT molecular complexity index is 1850. The number of hydrogen-bond acceptors (Lipinski definition) is 3. The molecular formula is C44H43N3. The molecule has 234 valence electrons. The minimum absolute atomic E-state index is 0.300. The van der Waals surface area contributed by atoms with Crippen molar-refractivity contribution >= 4 is 11.6 Å². The molecule has 2 aliphatic rings. The predicted octanol–water partition coefficient (Wildman–Crippen LogP) is 11.8. The molecule has 0 saturated carbocycles. The normalized spacial score (nSPS) is 17.9. The highest BCUT2D eigenvalue weighted by Crippen LogP contribution is 2.55. The van der Waals surface area contributed by atoms with E-state index in [0.29, 0.717) is 5.95 Å². The third kappa shape index (κ3) is 6.53. The lowest BCUT2D eigenvalue weighted by molar-refractivity contribution is 0.520. The number of hydrogen-bond donors (Lipinski definition) is 0. The molecule has 0 bridgehead atoms. The van der Waals surface area contributed by atoms with Crippen LogP contribution in [0.15, 0.2) is 175 Å². The van der Waals surface area contributed by atoms with E-state index in [-0.39, 0.29) is 5.41 Å². The van der Waals surface area contributed by atoms with Gasteiger partial charge in [0.1, 0.15) is 0 Å². The molecule has 1 aliphatic carbocycles. The van der Waals surface area contributed by atoms with E-state index in [0.717, 1.165) is 59.6 Å². The molecule has 6 rings (SSSR count). The number of anilines is 2. The van der Waals surface area contributed by atoms with Gasteiger partial charge in [0.2, 0.25) is 5.95 Å². The van der Waals surface area contributed by atoms with Gasteiger partial charge in [-0.1, -0.05) is 145 Å². The number of fused-ring (bicyclic) bond motifs is 1. The molecule has 0 spiro atoms. The fraction of sp³-hybridized carbons (Fsp3) is 0.182. The molecule has 0 amide bonds. The summed E-state index contributed by atoms with van der Waals surface area (Å²) in [5.74, 6) is 0.666. The Morgan fingerprint density at radius 3 is 2.11 bits per heavy atom. The van der Waals surface area contributed by atoms with Gasteiger partial charge in [0.05, 0.1) is 17.1 Å². The van der Waals surface area contributed by atoms with E-state index in [1.54, 1.807) is 0 Å². The van der Waals surface area contributed by atoms with Gasteiger partial charge in [0.25, 0.3) is 0 Å². The van der Waals surface area contributed by atoms with Gasteiger partial charge in [-0.15, -0.1) is 0 Å². The maximum Gasteiger partial charge on any atom is 0.235 e. The predicted molar refractivity (Wildman–Crippen MR) is 199 cm³/mol. The van der Waals surface area contributed by atoms with E-state index in [1.165, 1.54) is 16.7 Å². The average Bonchev–Trinajstić information content (AvgIpc) is 3.42. The van der Waals surface area contributed by atoms with Gasteiger partial charge in [-0.05, 0) is 75.8 Å². The summed E-state index contributed by atoms with van der Waals surface area (Å²) >= 11 is 0. The van der Waals surface area contributed by atoms with Crippen molar-refractivity contribution in [1.29, 1.82) is 0 Å². The van der Waals surface area contributed by atoms with Gasteiger partial charge in [-0.3, -0.25) is 4.90 Å². The Balaban J connectivity index is 1.60. The summed E-state index contributed by atoms with van der Waals surface area (Å²) in [6.45, 7) is 6.49. The van der Waals surface area contributed by atoms with Gasteiger partial charge in [0, 0.05) is 22.2 Å². The lowest BCUT2D eigenvalue weighted by atomic mass is 9.62. The van der Waals surface area contributed by atoms with E-state index in [1.807, 2.05) is 12.1 Å². The SMILES string of the molecule is C/C=C\C/C=C/CCC1(C2=CC=CC=CC2)C(C)=C(/C=C\C)N(c2nc(-c3ccccc3)cc(-c3ccccc3)n2)c2ccccc21. The minimum Gasteiger partial charge on any atom is -0.279 e. The number of rotatable bonds is 10. The lowest BCUT2D eigenvalue weighted by Crippen LogP contribution is -2.39. The third-order valence-corrected chi connectivity index (χ3v) is 9.15. The molecule has 1 atom stereocenters. The van der Waals surface area contributed by atoms with E-state index >= 15 is 0 Å². The Morgan fingerprint density at radius 1 is 0.745 bits per heavy atom. The van der Waals surface area contributed by atoms with Gasteiger partial charge in [-0.2, -0.15) is 0 Å². The van der Waals surface area contributed by atoms with Crippen LogP contribution in [0.25, 0.3) is 22.5 Å². The van der Waals surface area contributed by atoms with Gasteiger partial charge >= 0.3 is 0 Å². The highest BCUT2D eigenvalue weighted by molar-refractivity contribution is 5.80. The first-order valence-corrected chi connectivity index (χ1v) is 16.7. The molecule has 1 aliphatic heterocycles. The summed E-state index contributed by atoms with van der Waals surface area (Å²) in [4.78, 5) is 12.9. The first-order chi connectivity index (χ1) is 23.2. The first-order valence-electron chi connectivity index (χ1n) is 16.7. The van der Waals surface area contributed by atoms with E-state index in [4.69, 9.17) is 9.97 Å².